The Bertz CT molecular complexity index is 2560. The summed E-state index contributed by atoms with van der Waals surface area (Å²) in [7, 11) is -0.474. The number of fused-ring (bicyclic) bond motifs is 2. The lowest BCUT2D eigenvalue weighted by atomic mass is 9.80. The zero-order valence-corrected chi connectivity index (χ0v) is 36.6. The molecule has 1 saturated heterocycles. The second-order valence-electron chi connectivity index (χ2n) is 16.4. The van der Waals surface area contributed by atoms with Crippen molar-refractivity contribution >= 4 is 39.5 Å². The first-order valence-electron chi connectivity index (χ1n) is 18.7. The molecule has 1 aliphatic rings. The van der Waals surface area contributed by atoms with Gasteiger partial charge in [0.25, 0.3) is 0 Å². The summed E-state index contributed by atoms with van der Waals surface area (Å²) in [5.41, 5.74) is 3.05. The van der Waals surface area contributed by atoms with Crippen molar-refractivity contribution in [1.29, 1.82) is 10.5 Å². The maximum absolute atomic E-state index is 13.2. The molecule has 6 aromatic heterocycles. The van der Waals surface area contributed by atoms with E-state index in [1.165, 1.54) is 36.9 Å². The Kier molecular flexibility index (Phi) is 13.4. The van der Waals surface area contributed by atoms with Crippen molar-refractivity contribution in [3.63, 3.8) is 0 Å². The number of ether oxygens (including phenoxy) is 2. The number of rotatable bonds is 8. The molecule has 60 heavy (non-hydrogen) atoms. The second kappa shape index (κ2) is 17.6. The predicted octanol–water partition coefficient (Wildman–Crippen LogP) is 6.81. The smallest absolute Gasteiger partial charge is 0.489 e. The number of aromatic nitrogens is 6. The summed E-state index contributed by atoms with van der Waals surface area (Å²) >= 11 is 3.42. The minimum absolute atomic E-state index is 0.0901. The van der Waals surface area contributed by atoms with E-state index >= 15 is 0 Å². The number of aryl methyl sites for hydroxylation is 2. The van der Waals surface area contributed by atoms with Gasteiger partial charge in [-0.1, -0.05) is 6.07 Å². The molecular weight excluding hydrogens is 841 g/mol. The van der Waals surface area contributed by atoms with Crippen molar-refractivity contribution < 1.29 is 37.8 Å². The average Bonchev–Trinajstić information content (AvgIpc) is 3.87. The van der Waals surface area contributed by atoms with Crippen LogP contribution in [0.3, 0.4) is 0 Å². The van der Waals surface area contributed by atoms with Crippen molar-refractivity contribution in [2.75, 3.05) is 13.2 Å². The van der Waals surface area contributed by atoms with Crippen molar-refractivity contribution in [1.82, 2.24) is 29.2 Å². The Morgan fingerprint density at radius 1 is 0.750 bits per heavy atom. The van der Waals surface area contributed by atoms with Crippen LogP contribution in [0.4, 0.5) is 8.78 Å². The van der Waals surface area contributed by atoms with Crippen molar-refractivity contribution in [2.45, 2.75) is 91.6 Å². The van der Waals surface area contributed by atoms with Crippen LogP contribution in [0.2, 0.25) is 0 Å². The molecule has 0 saturated carbocycles. The molecule has 0 aliphatic carbocycles. The third-order valence-electron chi connectivity index (χ3n) is 9.62. The highest BCUT2D eigenvalue weighted by atomic mass is 79.9. The van der Waals surface area contributed by atoms with Crippen LogP contribution in [0, 0.1) is 48.4 Å². The molecule has 1 fully saturated rings. The summed E-state index contributed by atoms with van der Waals surface area (Å²) in [5.74, 6) is 0.0512. The van der Waals surface area contributed by atoms with E-state index in [2.05, 4.69) is 48.2 Å². The normalized spacial score (nSPS) is 14.4. The molecule has 6 aromatic rings. The maximum atomic E-state index is 13.2. The summed E-state index contributed by atoms with van der Waals surface area (Å²) in [4.78, 5) is 7.27. The van der Waals surface area contributed by atoms with Crippen molar-refractivity contribution in [3.05, 3.63) is 100 Å². The second-order valence-corrected chi connectivity index (χ2v) is 17.2. The van der Waals surface area contributed by atoms with Gasteiger partial charge in [0, 0.05) is 33.5 Å². The van der Waals surface area contributed by atoms with Gasteiger partial charge in [-0.25, -0.2) is 19.0 Å². The van der Waals surface area contributed by atoms with Gasteiger partial charge in [0.2, 0.25) is 11.9 Å². The molecule has 0 radical (unpaired) electrons. The molecule has 7 rings (SSSR count). The molecule has 18 heteroatoms. The number of nitrogens with zero attached hydrogens (tertiary/aromatic N) is 8. The zero-order chi connectivity index (χ0) is 44.4. The summed E-state index contributed by atoms with van der Waals surface area (Å²) in [6, 6.07) is 13.5. The molecule has 0 unspecified atom stereocenters. The minimum atomic E-state index is -0.999. The standard InChI is InChI=1S/C18H17FN4O2.C13H14BrN3O2.C11H15BFNO2/c1-11-15(25-10-18(2,3)24)6-14(12-4-5-16(19)21-8-12)17-13(7-20)9-22-23(11)17;1-8-11(19-7-13(2,3)18)4-10(14)12-9(5-15)6-16-17(8)12;1-10(2)11(3,4)16-12(15-10)8-5-6-9(13)14-7-8/h4-6,8-9,24H,10H2,1-3H3;4,6,18H,7H2,1-3H3;5-7H,1-4H3. The summed E-state index contributed by atoms with van der Waals surface area (Å²) in [6.07, 6.45) is 5.83. The van der Waals surface area contributed by atoms with Crippen LogP contribution in [0.15, 0.2) is 65.7 Å². The van der Waals surface area contributed by atoms with Gasteiger partial charge in [-0.05, 0) is 115 Å². The maximum Gasteiger partial charge on any atom is 0.496 e. The first-order valence-corrected chi connectivity index (χ1v) is 19.5. The molecule has 314 valence electrons. The van der Waals surface area contributed by atoms with Crippen LogP contribution < -0.4 is 14.9 Å². The lowest BCUT2D eigenvalue weighted by Gasteiger charge is -2.32. The van der Waals surface area contributed by atoms with Gasteiger partial charge in [0.05, 0.1) is 68.3 Å². The highest BCUT2D eigenvalue weighted by Gasteiger charge is 2.51. The Balaban J connectivity index is 0.000000176. The SMILES string of the molecule is CC1(C)OB(c2ccc(F)nc2)OC1(C)C.Cc1c(OCC(C)(C)O)cc(-c2ccc(F)nc2)c2c(C#N)cnn12.Cc1c(OCC(C)(C)O)cc(Br)c2c(C#N)cnn12. The van der Waals surface area contributed by atoms with E-state index in [1.54, 1.807) is 61.0 Å². The first-order chi connectivity index (χ1) is 27.9. The van der Waals surface area contributed by atoms with Gasteiger partial charge >= 0.3 is 7.12 Å². The van der Waals surface area contributed by atoms with Crippen LogP contribution in [-0.4, -0.2) is 82.1 Å². The van der Waals surface area contributed by atoms with E-state index in [9.17, 15) is 24.3 Å². The summed E-state index contributed by atoms with van der Waals surface area (Å²) in [5, 5.41) is 46.4. The van der Waals surface area contributed by atoms with Crippen LogP contribution in [0.5, 0.6) is 11.5 Å². The van der Waals surface area contributed by atoms with E-state index in [0.717, 1.165) is 21.1 Å². The van der Waals surface area contributed by atoms with Gasteiger partial charge in [-0.15, -0.1) is 0 Å². The molecule has 1 aliphatic heterocycles. The van der Waals surface area contributed by atoms with Crippen molar-refractivity contribution in [3.8, 4) is 34.8 Å². The van der Waals surface area contributed by atoms with Crippen LogP contribution >= 0.6 is 15.9 Å². The van der Waals surface area contributed by atoms with Gasteiger partial charge in [0.1, 0.15) is 36.9 Å². The van der Waals surface area contributed by atoms with Crippen LogP contribution in [-0.2, 0) is 9.31 Å². The molecular formula is C42H46BBrF2N8O6. The number of hydrogen-bond donors (Lipinski definition) is 2. The third kappa shape index (κ3) is 10.4. The Labute approximate surface area is 355 Å². The monoisotopic (exact) mass is 886 g/mol. The zero-order valence-electron chi connectivity index (χ0n) is 35.0. The fourth-order valence-corrected chi connectivity index (χ4v) is 6.31. The Morgan fingerprint density at radius 2 is 1.22 bits per heavy atom. The van der Waals surface area contributed by atoms with Crippen molar-refractivity contribution in [2.24, 2.45) is 0 Å². The highest BCUT2D eigenvalue weighted by Crippen LogP contribution is 2.37. The first kappa shape index (κ1) is 45.6. The molecule has 7 heterocycles. The van der Waals surface area contributed by atoms with E-state index in [4.69, 9.17) is 24.0 Å². The summed E-state index contributed by atoms with van der Waals surface area (Å²) < 4.78 is 52.8. The topological polar surface area (TPSA) is 185 Å². The highest BCUT2D eigenvalue weighted by molar-refractivity contribution is 9.10. The molecule has 2 N–H and O–H groups in total. The van der Waals surface area contributed by atoms with E-state index in [1.807, 2.05) is 41.5 Å². The molecule has 0 spiro atoms. The number of aliphatic hydroxyl groups is 2. The summed E-state index contributed by atoms with van der Waals surface area (Å²) in [6.45, 7) is 18.5. The molecule has 0 aromatic carbocycles. The lowest BCUT2D eigenvalue weighted by molar-refractivity contribution is 0.00578. The molecule has 14 nitrogen and oxygen atoms in total. The van der Waals surface area contributed by atoms with Gasteiger partial charge in [-0.3, -0.25) is 0 Å². The average molecular weight is 888 g/mol. The Hall–Kier alpha value is -5.50. The van der Waals surface area contributed by atoms with Gasteiger partial charge < -0.3 is 29.0 Å². The fraction of sp³-hybridized carbons (Fsp3) is 0.381. The molecule has 0 bridgehead atoms. The number of halogens is 3. The predicted molar refractivity (Wildman–Crippen MR) is 224 cm³/mol. The minimum Gasteiger partial charge on any atom is -0.489 e. The van der Waals surface area contributed by atoms with E-state index in [0.29, 0.717) is 45.0 Å². The fourth-order valence-electron chi connectivity index (χ4n) is 5.72. The van der Waals surface area contributed by atoms with E-state index < -0.39 is 30.2 Å². The quantitative estimate of drug-likeness (QED) is 0.120. The van der Waals surface area contributed by atoms with Gasteiger partial charge in [-0.2, -0.15) is 29.5 Å². The van der Waals surface area contributed by atoms with E-state index in [-0.39, 0.29) is 24.4 Å². The van der Waals surface area contributed by atoms with Crippen LogP contribution in [0.25, 0.3) is 22.2 Å². The number of hydrogen-bond acceptors (Lipinski definition) is 12. The third-order valence-corrected chi connectivity index (χ3v) is 10.2. The molecule has 0 amide bonds. The van der Waals surface area contributed by atoms with Crippen LogP contribution in [0.1, 0.15) is 77.9 Å². The number of nitriles is 2. The lowest BCUT2D eigenvalue weighted by Crippen LogP contribution is -2.41. The largest absolute Gasteiger partial charge is 0.496 e. The van der Waals surface area contributed by atoms with Gasteiger partial charge in [0.15, 0.2) is 0 Å². The number of pyridine rings is 4. The molecule has 0 atom stereocenters. The Morgan fingerprint density at radius 3 is 1.67 bits per heavy atom.